The zero-order chi connectivity index (χ0) is 30.6. The second-order valence-corrected chi connectivity index (χ2v) is 11.8. The molecule has 1 aliphatic heterocycles. The van der Waals surface area contributed by atoms with E-state index in [2.05, 4.69) is 42.7 Å². The van der Waals surface area contributed by atoms with Gasteiger partial charge in [0, 0.05) is 0 Å². The molecule has 1 atom stereocenters. The van der Waals surface area contributed by atoms with Gasteiger partial charge in [-0.15, -0.1) is 6.58 Å². The van der Waals surface area contributed by atoms with Crippen LogP contribution < -0.4 is 0 Å². The number of allylic oxidation sites excluding steroid dienone is 1. The van der Waals surface area contributed by atoms with Gasteiger partial charge in [-0.25, -0.2) is 4.79 Å². The monoisotopic (exact) mass is 585 g/mol. The van der Waals surface area contributed by atoms with Gasteiger partial charge in [-0.1, -0.05) is 68.0 Å². The number of hydrogen-bond acceptors (Lipinski definition) is 2. The number of fused-ring (bicyclic) bond motifs is 1. The number of halogens is 3. The topological polar surface area (TPSA) is 40.5 Å². The summed E-state index contributed by atoms with van der Waals surface area (Å²) in [4.78, 5) is 14.6. The highest BCUT2D eigenvalue weighted by Crippen LogP contribution is 2.36. The Hall–Kier alpha value is -3.90. The maximum Gasteiger partial charge on any atom is 0.416 e. The summed E-state index contributed by atoms with van der Waals surface area (Å²) in [6.07, 6.45) is 3.57. The molecule has 0 spiro atoms. The van der Waals surface area contributed by atoms with Gasteiger partial charge in [-0.3, -0.25) is 0 Å². The van der Waals surface area contributed by atoms with Crippen LogP contribution in [0, 0.1) is 5.92 Å². The van der Waals surface area contributed by atoms with E-state index < -0.39 is 17.7 Å². The van der Waals surface area contributed by atoms with E-state index in [0.717, 1.165) is 72.1 Å². The fourth-order valence-corrected chi connectivity index (χ4v) is 6.11. The van der Waals surface area contributed by atoms with E-state index in [-0.39, 0.29) is 5.56 Å². The third-order valence-electron chi connectivity index (χ3n) is 8.81. The van der Waals surface area contributed by atoms with Crippen LogP contribution in [0.5, 0.6) is 0 Å². The number of carbonyl (C=O) groups is 1. The van der Waals surface area contributed by atoms with Crippen LogP contribution in [0.25, 0.3) is 33.0 Å². The lowest BCUT2D eigenvalue weighted by Crippen LogP contribution is -2.33. The molecule has 1 N–H and O–H groups in total. The lowest BCUT2D eigenvalue weighted by atomic mass is 9.87. The molecule has 0 amide bonds. The van der Waals surface area contributed by atoms with E-state index in [9.17, 15) is 23.1 Å². The Balaban J connectivity index is 1.32. The van der Waals surface area contributed by atoms with Crippen LogP contribution >= 0.6 is 0 Å². The summed E-state index contributed by atoms with van der Waals surface area (Å²) in [6, 6.07) is 22.5. The Bertz CT molecular complexity index is 1570. The molecule has 224 valence electrons. The molecule has 5 rings (SSSR count). The van der Waals surface area contributed by atoms with Crippen molar-refractivity contribution in [3.05, 3.63) is 108 Å². The second-order valence-electron chi connectivity index (χ2n) is 11.8. The van der Waals surface area contributed by atoms with Gasteiger partial charge in [0.05, 0.1) is 11.1 Å². The summed E-state index contributed by atoms with van der Waals surface area (Å²) in [6.45, 7) is 9.46. The highest BCUT2D eigenvalue weighted by atomic mass is 19.4. The number of likely N-dealkylation sites (tertiary alicyclic amines) is 1. The molecule has 0 bridgehead atoms. The summed E-state index contributed by atoms with van der Waals surface area (Å²) >= 11 is 0. The first kappa shape index (κ1) is 30.6. The van der Waals surface area contributed by atoms with Gasteiger partial charge in [0.1, 0.15) is 0 Å². The molecule has 6 heteroatoms. The minimum atomic E-state index is -4.40. The molecule has 0 radical (unpaired) electrons. The van der Waals surface area contributed by atoms with E-state index in [1.807, 2.05) is 24.3 Å². The van der Waals surface area contributed by atoms with Gasteiger partial charge in [-0.2, -0.15) is 13.2 Å². The molecule has 4 aromatic rings. The molecule has 1 aliphatic rings. The highest BCUT2D eigenvalue weighted by molar-refractivity contribution is 6.04. The molecule has 0 aliphatic carbocycles. The van der Waals surface area contributed by atoms with Gasteiger partial charge in [0.15, 0.2) is 0 Å². The van der Waals surface area contributed by atoms with Crippen LogP contribution in [0.3, 0.4) is 0 Å². The number of hydrogen-bond donors (Lipinski definition) is 1. The van der Waals surface area contributed by atoms with Crippen LogP contribution in [-0.4, -0.2) is 35.6 Å². The van der Waals surface area contributed by atoms with E-state index in [1.54, 1.807) is 12.1 Å². The van der Waals surface area contributed by atoms with Crippen LogP contribution in [0.1, 0.15) is 66.4 Å². The Labute approximate surface area is 251 Å². The number of carboxylic acid groups (broad SMARTS) is 1. The van der Waals surface area contributed by atoms with Crippen LogP contribution in [0.2, 0.25) is 0 Å². The molecule has 4 aromatic carbocycles. The van der Waals surface area contributed by atoms with Crippen LogP contribution in [-0.2, 0) is 6.18 Å². The smallest absolute Gasteiger partial charge is 0.416 e. The molecular formula is C37H38F3NO2. The zero-order valence-corrected chi connectivity index (χ0v) is 24.5. The third-order valence-corrected chi connectivity index (χ3v) is 8.81. The number of alkyl halides is 3. The lowest BCUT2D eigenvalue weighted by molar-refractivity contribution is -0.137. The minimum absolute atomic E-state index is 0.169. The van der Waals surface area contributed by atoms with E-state index >= 15 is 0 Å². The normalized spacial score (nSPS) is 15.4. The van der Waals surface area contributed by atoms with E-state index in [4.69, 9.17) is 0 Å². The molecule has 1 unspecified atom stereocenters. The Morgan fingerprint density at radius 3 is 2.21 bits per heavy atom. The molecule has 43 heavy (non-hydrogen) atoms. The average molecular weight is 586 g/mol. The lowest BCUT2D eigenvalue weighted by Gasteiger charge is -2.32. The van der Waals surface area contributed by atoms with Crippen molar-refractivity contribution < 1.29 is 23.1 Å². The standard InChI is InChI=1S/C37H38F3NO2/c1-3-25(2)6-4-5-19-41-20-17-28(18-21-41)26-7-9-29(10-8-26)35-24-32(36(42)43)23-31-22-30(13-16-34(31)35)27-11-14-33(15-12-27)37(38,39)40/h3,7-16,22-25,28H,1,4-6,17-21H2,2H3,(H,42,43). The SMILES string of the molecule is C=CC(C)CCCCN1CCC(c2ccc(-c3cc(C(=O)O)cc4cc(-c5ccc(C(F)(F)F)cc5)ccc34)cc2)CC1. The quantitative estimate of drug-likeness (QED) is 0.149. The van der Waals surface area contributed by atoms with Crippen molar-refractivity contribution in [3.8, 4) is 22.3 Å². The largest absolute Gasteiger partial charge is 0.478 e. The third kappa shape index (κ3) is 7.37. The molecule has 3 nitrogen and oxygen atoms in total. The van der Waals surface area contributed by atoms with Crippen molar-refractivity contribution in [2.24, 2.45) is 5.92 Å². The molecular weight excluding hydrogens is 547 g/mol. The number of unbranched alkanes of at least 4 members (excludes halogenated alkanes) is 1. The first-order valence-corrected chi connectivity index (χ1v) is 15.1. The Morgan fingerprint density at radius 1 is 0.930 bits per heavy atom. The van der Waals surface area contributed by atoms with E-state index in [1.165, 1.54) is 37.0 Å². The number of benzene rings is 4. The fraction of sp³-hybridized carbons (Fsp3) is 0.324. The molecule has 1 heterocycles. The fourth-order valence-electron chi connectivity index (χ4n) is 6.11. The molecule has 1 fully saturated rings. The van der Waals surface area contributed by atoms with Gasteiger partial charge >= 0.3 is 12.1 Å². The summed E-state index contributed by atoms with van der Waals surface area (Å²) in [7, 11) is 0. The number of nitrogens with zero attached hydrogens (tertiary/aromatic N) is 1. The Morgan fingerprint density at radius 2 is 1.58 bits per heavy atom. The summed E-state index contributed by atoms with van der Waals surface area (Å²) < 4.78 is 39.1. The molecule has 0 saturated carbocycles. The van der Waals surface area contributed by atoms with Gasteiger partial charge in [0.25, 0.3) is 0 Å². The highest BCUT2D eigenvalue weighted by Gasteiger charge is 2.30. The van der Waals surface area contributed by atoms with Crippen molar-refractivity contribution >= 4 is 16.7 Å². The average Bonchev–Trinajstić information content (AvgIpc) is 3.02. The van der Waals surface area contributed by atoms with Gasteiger partial charge in [0.2, 0.25) is 0 Å². The van der Waals surface area contributed by atoms with Crippen LogP contribution in [0.15, 0.2) is 91.5 Å². The van der Waals surface area contributed by atoms with Crippen molar-refractivity contribution in [1.82, 2.24) is 4.90 Å². The first-order chi connectivity index (χ1) is 20.6. The first-order valence-electron chi connectivity index (χ1n) is 15.1. The predicted octanol–water partition coefficient (Wildman–Crippen LogP) is 10.1. The van der Waals surface area contributed by atoms with E-state index in [0.29, 0.717) is 17.4 Å². The van der Waals surface area contributed by atoms with Crippen molar-refractivity contribution in [1.29, 1.82) is 0 Å². The minimum Gasteiger partial charge on any atom is -0.478 e. The summed E-state index contributed by atoms with van der Waals surface area (Å²) in [5, 5.41) is 11.5. The number of aromatic carboxylic acids is 1. The van der Waals surface area contributed by atoms with Crippen molar-refractivity contribution in [2.75, 3.05) is 19.6 Å². The zero-order valence-electron chi connectivity index (χ0n) is 24.5. The van der Waals surface area contributed by atoms with Crippen molar-refractivity contribution in [2.45, 2.75) is 51.1 Å². The maximum absolute atomic E-state index is 13.0. The Kier molecular flexibility index (Phi) is 9.36. The number of carboxylic acids is 1. The molecule has 1 saturated heterocycles. The summed E-state index contributed by atoms with van der Waals surface area (Å²) in [5.74, 6) is 0.0737. The van der Waals surface area contributed by atoms with Crippen LogP contribution in [0.4, 0.5) is 13.2 Å². The second kappa shape index (κ2) is 13.2. The number of rotatable bonds is 10. The summed E-state index contributed by atoms with van der Waals surface area (Å²) in [5.41, 5.74) is 3.89. The van der Waals surface area contributed by atoms with Crippen molar-refractivity contribution in [3.63, 3.8) is 0 Å². The van der Waals surface area contributed by atoms with Gasteiger partial charge in [-0.05, 0) is 126 Å². The molecule has 0 aromatic heterocycles. The maximum atomic E-state index is 13.0. The van der Waals surface area contributed by atoms with Gasteiger partial charge < -0.3 is 10.0 Å². The number of piperidine rings is 1. The predicted molar refractivity (Wildman–Crippen MR) is 168 cm³/mol.